The van der Waals surface area contributed by atoms with E-state index < -0.39 is 0 Å². The highest BCUT2D eigenvalue weighted by Crippen LogP contribution is 2.59. The average molecular weight is 327 g/mol. The van der Waals surface area contributed by atoms with E-state index in [0.717, 1.165) is 6.54 Å². The van der Waals surface area contributed by atoms with Crippen LogP contribution in [0.4, 0.5) is 4.79 Å². The van der Waals surface area contributed by atoms with Crippen molar-refractivity contribution < 1.29 is 9.59 Å². The summed E-state index contributed by atoms with van der Waals surface area (Å²) in [5, 5.41) is 5.91. The van der Waals surface area contributed by atoms with E-state index in [-0.39, 0.29) is 11.9 Å². The fourth-order valence-electron chi connectivity index (χ4n) is 4.53. The van der Waals surface area contributed by atoms with Crippen LogP contribution in [0.3, 0.4) is 0 Å². The van der Waals surface area contributed by atoms with Crippen molar-refractivity contribution in [1.82, 2.24) is 15.5 Å². The first kappa shape index (κ1) is 15.5. The van der Waals surface area contributed by atoms with E-state index in [1.165, 1.54) is 36.8 Å². The van der Waals surface area contributed by atoms with Crippen molar-refractivity contribution in [2.75, 3.05) is 26.2 Å². The van der Waals surface area contributed by atoms with Gasteiger partial charge in [-0.05, 0) is 42.7 Å². The molecule has 1 aromatic carbocycles. The second-order valence-corrected chi connectivity index (χ2v) is 7.34. The van der Waals surface area contributed by atoms with Crippen LogP contribution in [0.2, 0.25) is 0 Å². The number of urea groups is 1. The van der Waals surface area contributed by atoms with Crippen LogP contribution >= 0.6 is 0 Å². The molecule has 1 spiro atoms. The molecule has 128 valence electrons. The summed E-state index contributed by atoms with van der Waals surface area (Å²) in [5.74, 6) is 0.583. The molecule has 0 unspecified atom stereocenters. The van der Waals surface area contributed by atoms with Crippen LogP contribution in [-0.4, -0.2) is 43.0 Å². The summed E-state index contributed by atoms with van der Waals surface area (Å²) >= 11 is 0. The Bertz CT molecular complexity index is 660. The van der Waals surface area contributed by atoms with E-state index in [4.69, 9.17) is 0 Å². The van der Waals surface area contributed by atoms with Crippen LogP contribution in [0, 0.1) is 5.92 Å². The smallest absolute Gasteiger partial charge is 0.317 e. The summed E-state index contributed by atoms with van der Waals surface area (Å²) in [5.41, 5.74) is 3.31. The van der Waals surface area contributed by atoms with Gasteiger partial charge in [0.15, 0.2) is 0 Å². The zero-order chi connectivity index (χ0) is 16.6. The number of nitrogens with one attached hydrogen (secondary N) is 2. The molecule has 2 fully saturated rings. The number of fused-ring (bicyclic) bond motifs is 2. The van der Waals surface area contributed by atoms with E-state index in [1.54, 1.807) is 4.90 Å². The summed E-state index contributed by atoms with van der Waals surface area (Å²) in [6, 6.07) is 8.78. The average Bonchev–Trinajstić information content (AvgIpc) is 3.33. The van der Waals surface area contributed by atoms with Crippen LogP contribution in [0.25, 0.3) is 0 Å². The third-order valence-corrected chi connectivity index (χ3v) is 5.95. The molecule has 3 amide bonds. The first-order valence-electron chi connectivity index (χ1n) is 9.07. The van der Waals surface area contributed by atoms with Gasteiger partial charge in [0.05, 0.1) is 0 Å². The normalized spacial score (nSPS) is 28.8. The molecule has 0 bridgehead atoms. The maximum atomic E-state index is 12.4. The van der Waals surface area contributed by atoms with Crippen molar-refractivity contribution in [3.63, 3.8) is 0 Å². The van der Waals surface area contributed by atoms with E-state index in [1.807, 2.05) is 0 Å². The van der Waals surface area contributed by atoms with E-state index in [2.05, 4.69) is 34.9 Å². The highest BCUT2D eigenvalue weighted by Gasteiger charge is 2.56. The van der Waals surface area contributed by atoms with E-state index in [9.17, 15) is 9.59 Å². The van der Waals surface area contributed by atoms with Gasteiger partial charge in [0.1, 0.15) is 0 Å². The number of hydrogen-bond acceptors (Lipinski definition) is 2. The summed E-state index contributed by atoms with van der Waals surface area (Å²) in [6.07, 6.45) is 5.26. The van der Waals surface area contributed by atoms with E-state index >= 15 is 0 Å². The first-order valence-corrected chi connectivity index (χ1v) is 9.07. The Balaban J connectivity index is 1.35. The molecule has 1 aromatic rings. The van der Waals surface area contributed by atoms with Gasteiger partial charge in [-0.1, -0.05) is 24.3 Å². The Morgan fingerprint density at radius 3 is 3.08 bits per heavy atom. The lowest BCUT2D eigenvalue weighted by Crippen LogP contribution is -2.43. The van der Waals surface area contributed by atoms with Crippen molar-refractivity contribution in [3.05, 3.63) is 35.4 Å². The number of amides is 3. The number of carbonyl (C=O) groups excluding carboxylic acids is 2. The number of benzene rings is 1. The van der Waals surface area contributed by atoms with Gasteiger partial charge in [0, 0.05) is 38.0 Å². The molecule has 3 aliphatic rings. The lowest BCUT2D eigenvalue weighted by Gasteiger charge is -2.27. The van der Waals surface area contributed by atoms with Gasteiger partial charge in [-0.2, -0.15) is 0 Å². The van der Waals surface area contributed by atoms with Crippen LogP contribution in [0.1, 0.15) is 36.8 Å². The summed E-state index contributed by atoms with van der Waals surface area (Å²) in [7, 11) is 0. The molecule has 1 saturated carbocycles. The fourth-order valence-corrected chi connectivity index (χ4v) is 4.53. The SMILES string of the molecule is O=C1CCN(C(=O)NC[C@@H]2C[C@@]23CCCc2ccccc23)CCN1. The number of aryl methyl sites for hydroxylation is 1. The molecule has 5 nitrogen and oxygen atoms in total. The molecule has 2 aliphatic carbocycles. The molecule has 2 N–H and O–H groups in total. The van der Waals surface area contributed by atoms with Crippen molar-refractivity contribution in [2.24, 2.45) is 5.92 Å². The fraction of sp³-hybridized carbons (Fsp3) is 0.579. The third-order valence-electron chi connectivity index (χ3n) is 5.95. The quantitative estimate of drug-likeness (QED) is 0.870. The second-order valence-electron chi connectivity index (χ2n) is 7.34. The highest BCUT2D eigenvalue weighted by atomic mass is 16.2. The lowest BCUT2D eigenvalue weighted by atomic mass is 9.78. The van der Waals surface area contributed by atoms with Gasteiger partial charge in [-0.25, -0.2) is 4.79 Å². The predicted octanol–water partition coefficient (Wildman–Crippen LogP) is 1.81. The van der Waals surface area contributed by atoms with Crippen LogP contribution in [0.15, 0.2) is 24.3 Å². The third kappa shape index (κ3) is 2.76. The van der Waals surface area contributed by atoms with Gasteiger partial charge in [0.2, 0.25) is 5.91 Å². The summed E-state index contributed by atoms with van der Waals surface area (Å²) < 4.78 is 0. The summed E-state index contributed by atoms with van der Waals surface area (Å²) in [6.45, 7) is 2.39. The first-order chi connectivity index (χ1) is 11.7. The molecule has 1 heterocycles. The number of nitrogens with zero attached hydrogens (tertiary/aromatic N) is 1. The molecule has 4 rings (SSSR count). The minimum absolute atomic E-state index is 0.0300. The maximum absolute atomic E-state index is 12.4. The number of hydrogen-bond donors (Lipinski definition) is 2. The molecule has 2 atom stereocenters. The zero-order valence-corrected chi connectivity index (χ0v) is 14.0. The standard InChI is InChI=1S/C19H25N3O2/c23-17-7-10-22(11-9-20-17)18(24)21-13-15-12-19(15)8-3-5-14-4-1-2-6-16(14)19/h1-2,4,6,15H,3,5,7-13H2,(H,20,23)(H,21,24)/t15-,19-/m0/s1. The molecule has 1 aliphatic heterocycles. The largest absolute Gasteiger partial charge is 0.354 e. The minimum atomic E-state index is -0.0300. The van der Waals surface area contributed by atoms with Gasteiger partial charge in [0.25, 0.3) is 0 Å². The topological polar surface area (TPSA) is 61.4 Å². The number of rotatable bonds is 2. The van der Waals surface area contributed by atoms with Crippen LogP contribution in [0.5, 0.6) is 0 Å². The molecule has 1 saturated heterocycles. The van der Waals surface area contributed by atoms with Crippen LogP contribution in [-0.2, 0) is 16.6 Å². The Morgan fingerprint density at radius 2 is 2.17 bits per heavy atom. The van der Waals surface area contributed by atoms with Gasteiger partial charge >= 0.3 is 6.03 Å². The molecular formula is C19H25N3O2. The van der Waals surface area contributed by atoms with Gasteiger partial charge < -0.3 is 15.5 Å². The molecular weight excluding hydrogens is 302 g/mol. The number of carbonyl (C=O) groups is 2. The Labute approximate surface area is 142 Å². The van der Waals surface area contributed by atoms with Crippen LogP contribution < -0.4 is 10.6 Å². The van der Waals surface area contributed by atoms with Gasteiger partial charge in [-0.15, -0.1) is 0 Å². The molecule has 24 heavy (non-hydrogen) atoms. The Hall–Kier alpha value is -2.04. The summed E-state index contributed by atoms with van der Waals surface area (Å²) in [4.78, 5) is 25.5. The van der Waals surface area contributed by atoms with Crippen molar-refractivity contribution >= 4 is 11.9 Å². The van der Waals surface area contributed by atoms with E-state index in [0.29, 0.717) is 37.4 Å². The van der Waals surface area contributed by atoms with Crippen molar-refractivity contribution in [2.45, 2.75) is 37.5 Å². The molecule has 0 radical (unpaired) electrons. The maximum Gasteiger partial charge on any atom is 0.317 e. The Morgan fingerprint density at radius 1 is 1.29 bits per heavy atom. The van der Waals surface area contributed by atoms with Crippen molar-refractivity contribution in [1.29, 1.82) is 0 Å². The zero-order valence-electron chi connectivity index (χ0n) is 14.0. The van der Waals surface area contributed by atoms with Crippen molar-refractivity contribution in [3.8, 4) is 0 Å². The minimum Gasteiger partial charge on any atom is -0.354 e. The van der Waals surface area contributed by atoms with Gasteiger partial charge in [-0.3, -0.25) is 4.79 Å². The predicted molar refractivity (Wildman–Crippen MR) is 91.8 cm³/mol. The highest BCUT2D eigenvalue weighted by molar-refractivity contribution is 5.79. The Kier molecular flexibility index (Phi) is 3.94. The lowest BCUT2D eigenvalue weighted by molar-refractivity contribution is -0.120. The monoisotopic (exact) mass is 327 g/mol. The second kappa shape index (κ2) is 6.11. The molecule has 0 aromatic heterocycles. The molecule has 5 heteroatoms.